The average Bonchev–Trinajstić information content (AvgIpc) is 2.03. The SMILES string of the molecule is CC[C@H](N)c1ccc(Br)cc1C. The molecule has 0 spiro atoms. The topological polar surface area (TPSA) is 26.0 Å². The van der Waals surface area contributed by atoms with Crippen LogP contribution < -0.4 is 5.73 Å². The van der Waals surface area contributed by atoms with E-state index in [-0.39, 0.29) is 6.04 Å². The minimum Gasteiger partial charge on any atom is -0.324 e. The first-order valence-corrected chi connectivity index (χ1v) is 4.96. The number of benzene rings is 1. The first-order chi connectivity index (χ1) is 5.65. The van der Waals surface area contributed by atoms with Gasteiger partial charge in [-0.25, -0.2) is 0 Å². The van der Waals surface area contributed by atoms with Gasteiger partial charge in [-0.05, 0) is 36.6 Å². The van der Waals surface area contributed by atoms with Crippen LogP contribution in [0.3, 0.4) is 0 Å². The van der Waals surface area contributed by atoms with Crippen molar-refractivity contribution in [2.45, 2.75) is 26.3 Å². The van der Waals surface area contributed by atoms with Gasteiger partial charge in [-0.15, -0.1) is 0 Å². The van der Waals surface area contributed by atoms with E-state index in [0.717, 1.165) is 10.9 Å². The molecule has 0 saturated carbocycles. The molecule has 0 aliphatic heterocycles. The van der Waals surface area contributed by atoms with E-state index in [2.05, 4.69) is 41.9 Å². The summed E-state index contributed by atoms with van der Waals surface area (Å²) >= 11 is 3.43. The van der Waals surface area contributed by atoms with E-state index in [0.29, 0.717) is 0 Å². The van der Waals surface area contributed by atoms with Gasteiger partial charge in [-0.3, -0.25) is 0 Å². The standard InChI is InChI=1S/C10H14BrN/c1-3-10(12)9-5-4-8(11)6-7(9)2/h4-6,10H,3,12H2,1-2H3/t10-/m0/s1. The normalized spacial score (nSPS) is 13.0. The highest BCUT2D eigenvalue weighted by atomic mass is 79.9. The lowest BCUT2D eigenvalue weighted by atomic mass is 10.0. The highest BCUT2D eigenvalue weighted by Gasteiger charge is 2.05. The zero-order chi connectivity index (χ0) is 9.14. The average molecular weight is 228 g/mol. The lowest BCUT2D eigenvalue weighted by molar-refractivity contribution is 0.694. The Bertz CT molecular complexity index is 271. The molecule has 1 atom stereocenters. The number of rotatable bonds is 2. The van der Waals surface area contributed by atoms with Crippen LogP contribution in [0.25, 0.3) is 0 Å². The summed E-state index contributed by atoms with van der Waals surface area (Å²) in [5.41, 5.74) is 8.44. The highest BCUT2D eigenvalue weighted by Crippen LogP contribution is 2.21. The van der Waals surface area contributed by atoms with Gasteiger partial charge in [0, 0.05) is 10.5 Å². The second-order valence-electron chi connectivity index (χ2n) is 3.02. The van der Waals surface area contributed by atoms with Crippen molar-refractivity contribution in [3.05, 3.63) is 33.8 Å². The molecular weight excluding hydrogens is 214 g/mol. The summed E-state index contributed by atoms with van der Waals surface area (Å²) in [5, 5.41) is 0. The zero-order valence-electron chi connectivity index (χ0n) is 7.47. The van der Waals surface area contributed by atoms with Crippen LogP contribution >= 0.6 is 15.9 Å². The van der Waals surface area contributed by atoms with Crippen molar-refractivity contribution in [3.8, 4) is 0 Å². The van der Waals surface area contributed by atoms with E-state index in [1.165, 1.54) is 11.1 Å². The van der Waals surface area contributed by atoms with E-state index in [1.807, 2.05) is 6.07 Å². The Morgan fingerprint density at radius 3 is 2.67 bits per heavy atom. The molecule has 0 aliphatic carbocycles. The van der Waals surface area contributed by atoms with Crippen LogP contribution in [0.2, 0.25) is 0 Å². The van der Waals surface area contributed by atoms with Crippen molar-refractivity contribution in [2.24, 2.45) is 5.73 Å². The molecule has 0 aromatic heterocycles. The maximum atomic E-state index is 5.93. The molecule has 0 bridgehead atoms. The van der Waals surface area contributed by atoms with E-state index >= 15 is 0 Å². The Morgan fingerprint density at radius 2 is 2.17 bits per heavy atom. The third kappa shape index (κ3) is 2.08. The van der Waals surface area contributed by atoms with Gasteiger partial charge in [0.1, 0.15) is 0 Å². The van der Waals surface area contributed by atoms with Crippen LogP contribution in [0.15, 0.2) is 22.7 Å². The monoisotopic (exact) mass is 227 g/mol. The summed E-state index contributed by atoms with van der Waals surface area (Å²) in [6, 6.07) is 6.41. The minimum absolute atomic E-state index is 0.179. The van der Waals surface area contributed by atoms with Gasteiger partial charge in [-0.2, -0.15) is 0 Å². The van der Waals surface area contributed by atoms with Gasteiger partial charge in [0.05, 0.1) is 0 Å². The molecule has 66 valence electrons. The molecule has 0 fully saturated rings. The van der Waals surface area contributed by atoms with E-state index in [9.17, 15) is 0 Å². The summed E-state index contributed by atoms with van der Waals surface area (Å²) in [6.07, 6.45) is 0.989. The molecule has 0 heterocycles. The first kappa shape index (κ1) is 9.75. The van der Waals surface area contributed by atoms with Crippen molar-refractivity contribution in [1.29, 1.82) is 0 Å². The predicted octanol–water partition coefficient (Wildman–Crippen LogP) is 3.17. The summed E-state index contributed by atoms with van der Waals surface area (Å²) < 4.78 is 1.12. The molecule has 0 radical (unpaired) electrons. The van der Waals surface area contributed by atoms with Crippen molar-refractivity contribution in [2.75, 3.05) is 0 Å². The molecule has 1 aromatic carbocycles. The third-order valence-electron chi connectivity index (χ3n) is 2.07. The highest BCUT2D eigenvalue weighted by molar-refractivity contribution is 9.10. The molecule has 2 heteroatoms. The Morgan fingerprint density at radius 1 is 1.50 bits per heavy atom. The smallest absolute Gasteiger partial charge is 0.0294 e. The lowest BCUT2D eigenvalue weighted by Crippen LogP contribution is -2.09. The van der Waals surface area contributed by atoms with Crippen LogP contribution in [0.1, 0.15) is 30.5 Å². The van der Waals surface area contributed by atoms with Crippen molar-refractivity contribution >= 4 is 15.9 Å². The van der Waals surface area contributed by atoms with Crippen LogP contribution in [0, 0.1) is 6.92 Å². The molecule has 0 aliphatic rings. The zero-order valence-corrected chi connectivity index (χ0v) is 9.06. The Balaban J connectivity index is 3.01. The van der Waals surface area contributed by atoms with Crippen molar-refractivity contribution in [1.82, 2.24) is 0 Å². The summed E-state index contributed by atoms with van der Waals surface area (Å²) in [5.74, 6) is 0. The van der Waals surface area contributed by atoms with Crippen molar-refractivity contribution in [3.63, 3.8) is 0 Å². The number of hydrogen-bond donors (Lipinski definition) is 1. The largest absolute Gasteiger partial charge is 0.324 e. The second kappa shape index (κ2) is 4.06. The van der Waals surface area contributed by atoms with E-state index in [1.54, 1.807) is 0 Å². The molecule has 0 saturated heterocycles. The molecule has 1 rings (SSSR count). The molecule has 12 heavy (non-hydrogen) atoms. The number of hydrogen-bond acceptors (Lipinski definition) is 1. The summed E-state index contributed by atoms with van der Waals surface area (Å²) in [4.78, 5) is 0. The second-order valence-corrected chi connectivity index (χ2v) is 3.93. The number of aryl methyl sites for hydroxylation is 1. The van der Waals surface area contributed by atoms with Gasteiger partial charge in [0.15, 0.2) is 0 Å². The fourth-order valence-corrected chi connectivity index (χ4v) is 1.75. The maximum absolute atomic E-state index is 5.93. The van der Waals surface area contributed by atoms with E-state index < -0.39 is 0 Å². The van der Waals surface area contributed by atoms with Crippen LogP contribution in [-0.4, -0.2) is 0 Å². The van der Waals surface area contributed by atoms with E-state index in [4.69, 9.17) is 5.73 Å². The minimum atomic E-state index is 0.179. The van der Waals surface area contributed by atoms with Crippen LogP contribution in [-0.2, 0) is 0 Å². The molecule has 1 aromatic rings. The Hall–Kier alpha value is -0.340. The Kier molecular flexibility index (Phi) is 3.29. The summed E-state index contributed by atoms with van der Waals surface area (Å²) in [7, 11) is 0. The number of nitrogens with two attached hydrogens (primary N) is 1. The first-order valence-electron chi connectivity index (χ1n) is 4.16. The van der Waals surface area contributed by atoms with Crippen LogP contribution in [0.4, 0.5) is 0 Å². The number of halogens is 1. The van der Waals surface area contributed by atoms with Gasteiger partial charge in [-0.1, -0.05) is 28.9 Å². The molecule has 0 unspecified atom stereocenters. The fraction of sp³-hybridized carbons (Fsp3) is 0.400. The van der Waals surface area contributed by atoms with Gasteiger partial charge < -0.3 is 5.73 Å². The maximum Gasteiger partial charge on any atom is 0.0294 e. The van der Waals surface area contributed by atoms with Crippen LogP contribution in [0.5, 0.6) is 0 Å². The quantitative estimate of drug-likeness (QED) is 0.826. The third-order valence-corrected chi connectivity index (χ3v) is 2.56. The van der Waals surface area contributed by atoms with Gasteiger partial charge in [0.2, 0.25) is 0 Å². The van der Waals surface area contributed by atoms with Crippen molar-refractivity contribution < 1.29 is 0 Å². The molecular formula is C10H14BrN. The molecule has 0 amide bonds. The Labute approximate surface area is 82.1 Å². The predicted molar refractivity (Wildman–Crippen MR) is 56.1 cm³/mol. The summed E-state index contributed by atoms with van der Waals surface area (Å²) in [6.45, 7) is 4.20. The molecule has 1 nitrogen and oxygen atoms in total. The van der Waals surface area contributed by atoms with Gasteiger partial charge >= 0.3 is 0 Å². The van der Waals surface area contributed by atoms with Gasteiger partial charge in [0.25, 0.3) is 0 Å². The lowest BCUT2D eigenvalue weighted by Gasteiger charge is -2.12. The molecule has 2 N–H and O–H groups in total. The fourth-order valence-electron chi connectivity index (χ4n) is 1.28.